The van der Waals surface area contributed by atoms with Crippen LogP contribution in [0.2, 0.25) is 0 Å². The molecule has 0 fully saturated rings. The van der Waals surface area contributed by atoms with Crippen LogP contribution in [0.5, 0.6) is 0 Å². The molecule has 0 amide bonds. The van der Waals surface area contributed by atoms with Crippen LogP contribution in [-0.4, -0.2) is 17.5 Å². The van der Waals surface area contributed by atoms with E-state index in [1.54, 1.807) is 0 Å². The summed E-state index contributed by atoms with van der Waals surface area (Å²) in [5.74, 6) is 0.507. The zero-order valence-electron chi connectivity index (χ0n) is 3.17. The van der Waals surface area contributed by atoms with E-state index < -0.39 is 0 Å². The maximum absolute atomic E-state index is 6.72. The zero-order chi connectivity index (χ0) is 4.99. The summed E-state index contributed by atoms with van der Waals surface area (Å²) in [6, 6.07) is 0. The van der Waals surface area contributed by atoms with Crippen molar-refractivity contribution >= 4 is 28.9 Å². The van der Waals surface area contributed by atoms with Gasteiger partial charge in [0.25, 0.3) is 0 Å². The molecular weight excluding hydrogens is 121 g/mol. The van der Waals surface area contributed by atoms with Crippen LogP contribution in [0.3, 0.4) is 0 Å². The molecule has 0 aliphatic heterocycles. The Hall–Kier alpha value is 0.250. The Morgan fingerprint density at radius 2 is 1.67 bits per heavy atom. The summed E-state index contributed by atoms with van der Waals surface area (Å²) in [5.41, 5.74) is 0.373. The van der Waals surface area contributed by atoms with Crippen molar-refractivity contribution in [2.24, 2.45) is 0 Å². The monoisotopic (exact) mass is 125 g/mol. The molecule has 0 heterocycles. The van der Waals surface area contributed by atoms with Crippen LogP contribution in [0.4, 0.5) is 0 Å². The Morgan fingerprint density at radius 3 is 1.67 bits per heavy atom. The van der Waals surface area contributed by atoms with Crippen molar-refractivity contribution in [1.29, 1.82) is 5.41 Å². The molecule has 1 nitrogen and oxygen atoms in total. The van der Waals surface area contributed by atoms with Gasteiger partial charge in [-0.1, -0.05) is 0 Å². The van der Waals surface area contributed by atoms with E-state index in [-0.39, 0.29) is 11.8 Å². The molecule has 0 rings (SSSR count). The SMILES string of the molecule is N=C(CCl)CCl. The smallest absolute Gasteiger partial charge is 0.0613 e. The molecule has 0 unspecified atom stereocenters. The predicted octanol–water partition coefficient (Wildman–Crippen LogP) is 1.48. The molecule has 0 saturated carbocycles. The molecule has 1 N–H and O–H groups in total. The highest BCUT2D eigenvalue weighted by Gasteiger charge is 1.85. The third-order valence-corrected chi connectivity index (χ3v) is 0.968. The molecule has 0 bridgehead atoms. The Kier molecular flexibility index (Phi) is 3.58. The molecule has 3 heteroatoms. The third-order valence-electron chi connectivity index (χ3n) is 0.323. The van der Waals surface area contributed by atoms with E-state index in [1.165, 1.54) is 0 Å². The largest absolute Gasteiger partial charge is 0.307 e. The number of alkyl halides is 2. The summed E-state index contributed by atoms with van der Waals surface area (Å²) in [6.45, 7) is 0. The van der Waals surface area contributed by atoms with Crippen LogP contribution in [0, 0.1) is 5.41 Å². The lowest BCUT2D eigenvalue weighted by molar-refractivity contribution is 1.46. The molecular formula is C3H5Cl2N. The van der Waals surface area contributed by atoms with Gasteiger partial charge >= 0.3 is 0 Å². The van der Waals surface area contributed by atoms with Gasteiger partial charge in [-0.2, -0.15) is 0 Å². The second-order valence-corrected chi connectivity index (χ2v) is 1.41. The van der Waals surface area contributed by atoms with Gasteiger partial charge < -0.3 is 5.41 Å². The topological polar surface area (TPSA) is 23.9 Å². The molecule has 36 valence electrons. The normalized spacial score (nSPS) is 8.33. The van der Waals surface area contributed by atoms with E-state index in [2.05, 4.69) is 0 Å². The van der Waals surface area contributed by atoms with Crippen molar-refractivity contribution < 1.29 is 0 Å². The highest BCUT2D eigenvalue weighted by molar-refractivity contribution is 6.36. The molecule has 0 spiro atoms. The van der Waals surface area contributed by atoms with Gasteiger partial charge in [-0.3, -0.25) is 0 Å². The van der Waals surface area contributed by atoms with Crippen molar-refractivity contribution in [3.63, 3.8) is 0 Å². The molecule has 6 heavy (non-hydrogen) atoms. The second-order valence-electron chi connectivity index (χ2n) is 0.871. The van der Waals surface area contributed by atoms with Crippen LogP contribution in [-0.2, 0) is 0 Å². The lowest BCUT2D eigenvalue weighted by atomic mass is 10.5. The number of hydrogen-bond donors (Lipinski definition) is 1. The molecule has 0 aromatic carbocycles. The first-order chi connectivity index (χ1) is 2.81. The Bertz CT molecular complexity index is 46.8. The van der Waals surface area contributed by atoms with Crippen molar-refractivity contribution in [2.45, 2.75) is 0 Å². The fraction of sp³-hybridized carbons (Fsp3) is 0.667. The maximum Gasteiger partial charge on any atom is 0.0613 e. The average Bonchev–Trinajstić information content (AvgIpc) is 1.65. The van der Waals surface area contributed by atoms with E-state index in [1.807, 2.05) is 0 Å². The van der Waals surface area contributed by atoms with Crippen molar-refractivity contribution in [1.82, 2.24) is 0 Å². The lowest BCUT2D eigenvalue weighted by Crippen LogP contribution is -1.96. The molecule has 0 aliphatic rings. The first kappa shape index (κ1) is 6.25. The molecule has 0 aromatic heterocycles. The predicted molar refractivity (Wildman–Crippen MR) is 29.2 cm³/mol. The lowest BCUT2D eigenvalue weighted by Gasteiger charge is -1.83. The zero-order valence-corrected chi connectivity index (χ0v) is 4.68. The summed E-state index contributed by atoms with van der Waals surface area (Å²) in [6.07, 6.45) is 0. The Morgan fingerprint density at radius 1 is 1.33 bits per heavy atom. The minimum absolute atomic E-state index is 0.253. The van der Waals surface area contributed by atoms with Crippen LogP contribution < -0.4 is 0 Å². The van der Waals surface area contributed by atoms with Crippen molar-refractivity contribution in [3.05, 3.63) is 0 Å². The van der Waals surface area contributed by atoms with Crippen LogP contribution >= 0.6 is 23.2 Å². The van der Waals surface area contributed by atoms with Crippen LogP contribution in [0.15, 0.2) is 0 Å². The minimum Gasteiger partial charge on any atom is -0.307 e. The van der Waals surface area contributed by atoms with Gasteiger partial charge in [0.2, 0.25) is 0 Å². The number of halogens is 2. The fourth-order valence-corrected chi connectivity index (χ4v) is 0.321. The summed E-state index contributed by atoms with van der Waals surface area (Å²) in [5, 5.41) is 6.72. The van der Waals surface area contributed by atoms with Crippen LogP contribution in [0.25, 0.3) is 0 Å². The van der Waals surface area contributed by atoms with Crippen LogP contribution in [0.1, 0.15) is 0 Å². The highest BCUT2D eigenvalue weighted by atomic mass is 35.5. The van der Waals surface area contributed by atoms with E-state index >= 15 is 0 Å². The van der Waals surface area contributed by atoms with E-state index in [9.17, 15) is 0 Å². The number of nitrogens with one attached hydrogen (secondary N) is 1. The minimum atomic E-state index is 0.253. The number of hydrogen-bond acceptors (Lipinski definition) is 1. The second kappa shape index (κ2) is 3.44. The summed E-state index contributed by atoms with van der Waals surface area (Å²) < 4.78 is 0. The van der Waals surface area contributed by atoms with Gasteiger partial charge in [-0.05, 0) is 0 Å². The quantitative estimate of drug-likeness (QED) is 0.428. The highest BCUT2D eigenvalue weighted by Crippen LogP contribution is 1.81. The molecule has 0 aromatic rings. The summed E-state index contributed by atoms with van der Waals surface area (Å²) in [7, 11) is 0. The van der Waals surface area contributed by atoms with Gasteiger partial charge in [-0.15, -0.1) is 23.2 Å². The molecule has 0 saturated heterocycles. The van der Waals surface area contributed by atoms with Gasteiger partial charge in [-0.25, -0.2) is 0 Å². The van der Waals surface area contributed by atoms with E-state index in [4.69, 9.17) is 28.6 Å². The standard InChI is InChI=1S/C3H5Cl2N/c4-1-3(6)2-5/h6H,1-2H2. The first-order valence-corrected chi connectivity index (χ1v) is 2.56. The molecule has 0 radical (unpaired) electrons. The van der Waals surface area contributed by atoms with Gasteiger partial charge in [0, 0.05) is 5.71 Å². The van der Waals surface area contributed by atoms with Crippen molar-refractivity contribution in [3.8, 4) is 0 Å². The Balaban J connectivity index is 2.99. The molecule has 0 aliphatic carbocycles. The van der Waals surface area contributed by atoms with Gasteiger partial charge in [0.1, 0.15) is 0 Å². The third kappa shape index (κ3) is 2.49. The maximum atomic E-state index is 6.72. The molecule has 0 atom stereocenters. The first-order valence-electron chi connectivity index (χ1n) is 1.49. The fourth-order valence-electron chi connectivity index (χ4n) is 0.0357. The van der Waals surface area contributed by atoms with E-state index in [0.29, 0.717) is 5.71 Å². The number of rotatable bonds is 2. The summed E-state index contributed by atoms with van der Waals surface area (Å²) >= 11 is 10.3. The van der Waals surface area contributed by atoms with E-state index in [0.717, 1.165) is 0 Å². The van der Waals surface area contributed by atoms with Gasteiger partial charge in [0.05, 0.1) is 11.8 Å². The summed E-state index contributed by atoms with van der Waals surface area (Å²) in [4.78, 5) is 0. The van der Waals surface area contributed by atoms with Crippen molar-refractivity contribution in [2.75, 3.05) is 11.8 Å². The average molecular weight is 126 g/mol. The Labute approximate surface area is 46.8 Å². The van der Waals surface area contributed by atoms with Gasteiger partial charge in [0.15, 0.2) is 0 Å².